The fraction of sp³-hybridized carbons (Fsp3) is 0.222. The second kappa shape index (κ2) is 8.64. The van der Waals surface area contributed by atoms with Crippen LogP contribution < -0.4 is 9.47 Å². The first kappa shape index (κ1) is 21.1. The maximum Gasteiger partial charge on any atom is 0.196 e. The van der Waals surface area contributed by atoms with Crippen molar-refractivity contribution < 1.29 is 23.8 Å². The molecule has 4 aromatic rings. The van der Waals surface area contributed by atoms with Crippen LogP contribution in [-0.2, 0) is 19.5 Å². The molecular weight excluding hydrogens is 418 g/mol. The molecule has 33 heavy (non-hydrogen) atoms. The highest BCUT2D eigenvalue weighted by molar-refractivity contribution is 6.16. The Morgan fingerprint density at radius 3 is 2.48 bits per heavy atom. The Morgan fingerprint density at radius 1 is 1.03 bits per heavy atom. The van der Waals surface area contributed by atoms with Gasteiger partial charge in [-0.05, 0) is 41.8 Å². The SMILES string of the molecule is COc1cc2c(cc1OC)CN(Cc1c(O)ccc3occ(C(=O)c4ccccc4)c13)CC2. The van der Waals surface area contributed by atoms with Crippen LogP contribution in [0.15, 0.2) is 65.3 Å². The normalized spacial score (nSPS) is 13.6. The van der Waals surface area contributed by atoms with Crippen molar-refractivity contribution in [1.29, 1.82) is 0 Å². The van der Waals surface area contributed by atoms with E-state index in [1.54, 1.807) is 38.5 Å². The summed E-state index contributed by atoms with van der Waals surface area (Å²) in [6.45, 7) is 2.01. The van der Waals surface area contributed by atoms with Crippen molar-refractivity contribution in [2.45, 2.75) is 19.5 Å². The molecule has 0 spiro atoms. The van der Waals surface area contributed by atoms with E-state index in [1.165, 1.54) is 17.4 Å². The fourth-order valence-electron chi connectivity index (χ4n) is 4.56. The van der Waals surface area contributed by atoms with E-state index in [1.807, 2.05) is 30.3 Å². The molecule has 0 radical (unpaired) electrons. The molecule has 0 aliphatic carbocycles. The summed E-state index contributed by atoms with van der Waals surface area (Å²) in [5, 5.41) is 11.4. The third-order valence-corrected chi connectivity index (χ3v) is 6.28. The van der Waals surface area contributed by atoms with Crippen molar-refractivity contribution in [1.82, 2.24) is 4.90 Å². The van der Waals surface area contributed by atoms with Crippen molar-refractivity contribution in [2.24, 2.45) is 0 Å². The van der Waals surface area contributed by atoms with E-state index in [0.717, 1.165) is 18.7 Å². The maximum atomic E-state index is 13.2. The first-order chi connectivity index (χ1) is 16.1. The van der Waals surface area contributed by atoms with Crippen molar-refractivity contribution in [3.05, 3.63) is 88.7 Å². The number of phenolic OH excluding ortho intramolecular Hbond substituents is 1. The van der Waals surface area contributed by atoms with Crippen LogP contribution in [0.4, 0.5) is 0 Å². The lowest BCUT2D eigenvalue weighted by atomic mass is 9.96. The van der Waals surface area contributed by atoms with Gasteiger partial charge in [0.1, 0.15) is 17.6 Å². The Morgan fingerprint density at radius 2 is 1.76 bits per heavy atom. The number of fused-ring (bicyclic) bond motifs is 2. The molecule has 3 aromatic carbocycles. The summed E-state index contributed by atoms with van der Waals surface area (Å²) in [7, 11) is 3.27. The highest BCUT2D eigenvalue weighted by Gasteiger charge is 2.24. The summed E-state index contributed by atoms with van der Waals surface area (Å²) in [5.41, 5.74) is 4.73. The van der Waals surface area contributed by atoms with Gasteiger partial charge in [-0.2, -0.15) is 0 Å². The second-order valence-electron chi connectivity index (χ2n) is 8.22. The van der Waals surface area contributed by atoms with Gasteiger partial charge in [0.15, 0.2) is 17.3 Å². The van der Waals surface area contributed by atoms with Gasteiger partial charge in [-0.3, -0.25) is 9.69 Å². The molecule has 1 aliphatic heterocycles. The molecule has 6 heteroatoms. The van der Waals surface area contributed by atoms with Gasteiger partial charge in [0.05, 0.1) is 19.8 Å². The molecule has 0 atom stereocenters. The Bertz CT molecular complexity index is 1330. The first-order valence-electron chi connectivity index (χ1n) is 10.9. The summed E-state index contributed by atoms with van der Waals surface area (Å²) in [6.07, 6.45) is 2.35. The number of carbonyl (C=O) groups is 1. The van der Waals surface area contributed by atoms with Crippen LogP contribution in [-0.4, -0.2) is 36.6 Å². The van der Waals surface area contributed by atoms with Gasteiger partial charge >= 0.3 is 0 Å². The van der Waals surface area contributed by atoms with Gasteiger partial charge in [-0.25, -0.2) is 0 Å². The number of furan rings is 1. The molecule has 0 fully saturated rings. The molecule has 6 nitrogen and oxygen atoms in total. The number of aromatic hydroxyl groups is 1. The van der Waals surface area contributed by atoms with E-state index in [2.05, 4.69) is 4.90 Å². The summed E-state index contributed by atoms with van der Waals surface area (Å²) in [6, 6.07) is 16.5. The maximum absolute atomic E-state index is 13.2. The molecule has 0 amide bonds. The third kappa shape index (κ3) is 3.83. The van der Waals surface area contributed by atoms with E-state index in [9.17, 15) is 9.90 Å². The van der Waals surface area contributed by atoms with Crippen molar-refractivity contribution in [3.63, 3.8) is 0 Å². The van der Waals surface area contributed by atoms with Crippen molar-refractivity contribution >= 4 is 16.8 Å². The van der Waals surface area contributed by atoms with Gasteiger partial charge in [-0.1, -0.05) is 30.3 Å². The van der Waals surface area contributed by atoms with Crippen LogP contribution in [0.1, 0.15) is 32.6 Å². The number of hydrogen-bond donors (Lipinski definition) is 1. The van der Waals surface area contributed by atoms with Crippen molar-refractivity contribution in [2.75, 3.05) is 20.8 Å². The van der Waals surface area contributed by atoms with E-state index >= 15 is 0 Å². The Balaban J connectivity index is 1.49. The molecule has 0 bridgehead atoms. The second-order valence-corrected chi connectivity index (χ2v) is 8.22. The minimum atomic E-state index is -0.123. The van der Waals surface area contributed by atoms with E-state index in [-0.39, 0.29) is 11.5 Å². The number of nitrogens with zero attached hydrogens (tertiary/aromatic N) is 1. The van der Waals surface area contributed by atoms with Gasteiger partial charge in [0, 0.05) is 36.1 Å². The number of ketones is 1. The minimum Gasteiger partial charge on any atom is -0.508 e. The average molecular weight is 443 g/mol. The summed E-state index contributed by atoms with van der Waals surface area (Å²) < 4.78 is 16.6. The summed E-state index contributed by atoms with van der Waals surface area (Å²) in [4.78, 5) is 15.4. The molecule has 5 rings (SSSR count). The van der Waals surface area contributed by atoms with Gasteiger partial charge in [0.25, 0.3) is 0 Å². The monoisotopic (exact) mass is 443 g/mol. The zero-order valence-electron chi connectivity index (χ0n) is 18.6. The number of rotatable bonds is 6. The lowest BCUT2D eigenvalue weighted by molar-refractivity contribution is 0.103. The molecule has 1 aliphatic rings. The molecule has 0 unspecified atom stereocenters. The van der Waals surface area contributed by atoms with Gasteiger partial charge < -0.3 is 19.0 Å². The van der Waals surface area contributed by atoms with Crippen molar-refractivity contribution in [3.8, 4) is 17.2 Å². The molecule has 0 saturated heterocycles. The quantitative estimate of drug-likeness (QED) is 0.426. The standard InChI is InChI=1S/C27H25NO5/c1-31-24-12-18-10-11-28(14-19(18)13-25(24)32-2)15-20-22(29)8-9-23-26(20)21(16-33-23)27(30)17-6-4-3-5-7-17/h3-9,12-13,16,29H,10-11,14-15H2,1-2H3. The van der Waals surface area contributed by atoms with Gasteiger partial charge in [-0.15, -0.1) is 0 Å². The van der Waals surface area contributed by atoms with E-state index < -0.39 is 0 Å². The van der Waals surface area contributed by atoms with E-state index in [0.29, 0.717) is 46.5 Å². The Kier molecular flexibility index (Phi) is 5.52. The predicted molar refractivity (Wildman–Crippen MR) is 125 cm³/mol. The topological polar surface area (TPSA) is 72.1 Å². The molecule has 168 valence electrons. The number of carbonyl (C=O) groups excluding carboxylic acids is 1. The lowest BCUT2D eigenvalue weighted by Gasteiger charge is -2.30. The Labute approximate surface area is 192 Å². The van der Waals surface area contributed by atoms with Crippen LogP contribution in [0.2, 0.25) is 0 Å². The summed E-state index contributed by atoms with van der Waals surface area (Å²) in [5.74, 6) is 1.47. The third-order valence-electron chi connectivity index (χ3n) is 6.28. The number of hydrogen-bond acceptors (Lipinski definition) is 6. The fourth-order valence-corrected chi connectivity index (χ4v) is 4.56. The molecule has 2 heterocycles. The number of phenols is 1. The van der Waals surface area contributed by atoms with E-state index in [4.69, 9.17) is 13.9 Å². The summed E-state index contributed by atoms with van der Waals surface area (Å²) >= 11 is 0. The number of methoxy groups -OCH3 is 2. The average Bonchev–Trinajstić information content (AvgIpc) is 3.29. The zero-order chi connectivity index (χ0) is 22.9. The van der Waals surface area contributed by atoms with Crippen LogP contribution in [0, 0.1) is 0 Å². The lowest BCUT2D eigenvalue weighted by Crippen LogP contribution is -2.30. The van der Waals surface area contributed by atoms with Crippen LogP contribution >= 0.6 is 0 Å². The van der Waals surface area contributed by atoms with Crippen LogP contribution in [0.25, 0.3) is 11.0 Å². The number of ether oxygens (including phenoxy) is 2. The zero-order valence-corrected chi connectivity index (χ0v) is 18.6. The largest absolute Gasteiger partial charge is 0.508 e. The molecular formula is C27H25NO5. The van der Waals surface area contributed by atoms with Gasteiger partial charge in [0.2, 0.25) is 0 Å². The molecule has 1 N–H and O–H groups in total. The Hall–Kier alpha value is -3.77. The van der Waals surface area contributed by atoms with Crippen LogP contribution in [0.5, 0.6) is 17.2 Å². The minimum absolute atomic E-state index is 0.123. The molecule has 1 aromatic heterocycles. The highest BCUT2D eigenvalue weighted by atomic mass is 16.5. The highest BCUT2D eigenvalue weighted by Crippen LogP contribution is 2.36. The van der Waals surface area contributed by atoms with Crippen LogP contribution in [0.3, 0.4) is 0 Å². The smallest absolute Gasteiger partial charge is 0.196 e. The predicted octanol–water partition coefficient (Wildman–Crippen LogP) is 4.94. The molecule has 0 saturated carbocycles. The number of benzene rings is 3. The first-order valence-corrected chi connectivity index (χ1v) is 10.9.